The number of aromatic nitrogens is 3. The van der Waals surface area contributed by atoms with Crippen LogP contribution in [0.15, 0.2) is 36.4 Å². The minimum absolute atomic E-state index is 0.00469. The van der Waals surface area contributed by atoms with Crippen LogP contribution in [0.3, 0.4) is 0 Å². The van der Waals surface area contributed by atoms with Crippen LogP contribution in [0.1, 0.15) is 68.6 Å². The Kier molecular flexibility index (Phi) is 6.32. The summed E-state index contributed by atoms with van der Waals surface area (Å²) in [6.07, 6.45) is 3.78. The standard InChI is InChI=1S/C27H33N5O4/c1-27(2,3)36-26(35)28-15-17-12-13-31(16-17)21-14-20(25(33)34)29-24-22(21)23(18-8-7-9-18)30-32(24)19-10-5-4-6-11-19/h4-6,10-11,14,17-18H,7-9,12-13,15-16H2,1-3H3,(H,28,35)(H,33,34)/t17-/m1/s1. The number of rotatable bonds is 6. The van der Waals surface area contributed by atoms with Crippen LogP contribution in [0.2, 0.25) is 0 Å². The lowest BCUT2D eigenvalue weighted by Gasteiger charge is -2.26. The zero-order chi connectivity index (χ0) is 25.4. The zero-order valence-corrected chi connectivity index (χ0v) is 21.0. The quantitative estimate of drug-likeness (QED) is 0.513. The first kappa shape index (κ1) is 24.1. The highest BCUT2D eigenvalue weighted by atomic mass is 16.6. The highest BCUT2D eigenvalue weighted by Gasteiger charge is 2.32. The number of carbonyl (C=O) groups excluding carboxylic acids is 1. The molecule has 0 unspecified atom stereocenters. The van der Waals surface area contributed by atoms with Gasteiger partial charge in [0.1, 0.15) is 5.60 Å². The van der Waals surface area contributed by atoms with E-state index in [4.69, 9.17) is 9.84 Å². The average molecular weight is 492 g/mol. The molecule has 1 saturated carbocycles. The van der Waals surface area contributed by atoms with Crippen LogP contribution in [-0.4, -0.2) is 57.2 Å². The fraction of sp³-hybridized carbons (Fsp3) is 0.481. The second kappa shape index (κ2) is 9.44. The third kappa shape index (κ3) is 4.87. The zero-order valence-electron chi connectivity index (χ0n) is 21.0. The summed E-state index contributed by atoms with van der Waals surface area (Å²) in [5.74, 6) is -0.488. The number of fused-ring (bicyclic) bond motifs is 1. The van der Waals surface area contributed by atoms with E-state index in [0.29, 0.717) is 24.7 Å². The first-order chi connectivity index (χ1) is 17.2. The summed E-state index contributed by atoms with van der Waals surface area (Å²) in [6.45, 7) is 7.49. The molecule has 190 valence electrons. The molecule has 2 N–H and O–H groups in total. The van der Waals surface area contributed by atoms with Gasteiger partial charge in [-0.05, 0) is 64.2 Å². The Labute approximate surface area is 210 Å². The Morgan fingerprint density at radius 2 is 1.92 bits per heavy atom. The largest absolute Gasteiger partial charge is 0.477 e. The molecule has 3 heterocycles. The van der Waals surface area contributed by atoms with Crippen LogP contribution in [-0.2, 0) is 4.74 Å². The molecule has 2 fully saturated rings. The molecule has 1 aromatic carbocycles. The number of ether oxygens (including phenoxy) is 1. The number of hydrogen-bond donors (Lipinski definition) is 2. The van der Waals surface area contributed by atoms with Gasteiger partial charge >= 0.3 is 12.1 Å². The SMILES string of the molecule is CC(C)(C)OC(=O)NC[C@H]1CCN(c2cc(C(=O)O)nc3c2c(C2CCC2)nn3-c2ccccc2)C1. The van der Waals surface area contributed by atoms with Crippen LogP contribution in [0.25, 0.3) is 16.7 Å². The van der Waals surface area contributed by atoms with Gasteiger partial charge in [0.2, 0.25) is 0 Å². The number of nitrogens with one attached hydrogen (secondary N) is 1. The summed E-state index contributed by atoms with van der Waals surface area (Å²) in [6, 6.07) is 11.4. The van der Waals surface area contributed by atoms with E-state index in [9.17, 15) is 14.7 Å². The van der Waals surface area contributed by atoms with E-state index in [1.807, 2.05) is 51.1 Å². The molecular weight excluding hydrogens is 458 g/mol. The molecule has 5 rings (SSSR count). The van der Waals surface area contributed by atoms with E-state index in [2.05, 4.69) is 15.2 Å². The number of alkyl carbamates (subject to hydrolysis) is 1. The third-order valence-electron chi connectivity index (χ3n) is 6.92. The van der Waals surface area contributed by atoms with Crippen molar-refractivity contribution in [1.29, 1.82) is 0 Å². The molecular formula is C27H33N5O4. The van der Waals surface area contributed by atoms with Crippen LogP contribution in [0, 0.1) is 5.92 Å². The van der Waals surface area contributed by atoms with Crippen molar-refractivity contribution in [2.24, 2.45) is 5.92 Å². The highest BCUT2D eigenvalue weighted by Crippen LogP contribution is 2.43. The number of amides is 1. The van der Waals surface area contributed by atoms with Gasteiger partial charge in [-0.25, -0.2) is 19.3 Å². The monoisotopic (exact) mass is 491 g/mol. The molecule has 0 spiro atoms. The number of benzene rings is 1. The van der Waals surface area contributed by atoms with Crippen LogP contribution in [0.4, 0.5) is 10.5 Å². The summed E-state index contributed by atoms with van der Waals surface area (Å²) in [4.78, 5) is 31.0. The number of carboxylic acids is 1. The topological polar surface area (TPSA) is 110 Å². The molecule has 3 aromatic rings. The molecule has 1 aliphatic heterocycles. The number of nitrogens with zero attached hydrogens (tertiary/aromatic N) is 4. The minimum Gasteiger partial charge on any atom is -0.477 e. The summed E-state index contributed by atoms with van der Waals surface area (Å²) in [5, 5.41) is 18.7. The number of anilines is 1. The molecule has 2 aromatic heterocycles. The van der Waals surface area contributed by atoms with Crippen LogP contribution >= 0.6 is 0 Å². The Balaban J connectivity index is 1.49. The Bertz CT molecular complexity index is 1280. The molecule has 9 heteroatoms. The van der Waals surface area contributed by atoms with Crippen molar-refractivity contribution in [1.82, 2.24) is 20.1 Å². The number of pyridine rings is 1. The number of aromatic carboxylic acids is 1. The van der Waals surface area contributed by atoms with Crippen molar-refractivity contribution in [2.45, 2.75) is 58.0 Å². The fourth-order valence-electron chi connectivity index (χ4n) is 4.96. The smallest absolute Gasteiger partial charge is 0.407 e. The Hall–Kier alpha value is -3.62. The van der Waals surface area contributed by atoms with Crippen molar-refractivity contribution >= 4 is 28.8 Å². The molecule has 0 bridgehead atoms. The molecule has 1 amide bonds. The van der Waals surface area contributed by atoms with E-state index in [1.165, 1.54) is 6.42 Å². The molecule has 0 radical (unpaired) electrons. The lowest BCUT2D eigenvalue weighted by Crippen LogP contribution is -2.36. The van der Waals surface area contributed by atoms with Crippen molar-refractivity contribution in [3.05, 3.63) is 47.8 Å². The number of carboxylic acid groups (broad SMARTS) is 1. The molecule has 9 nitrogen and oxygen atoms in total. The second-order valence-electron chi connectivity index (χ2n) is 10.8. The lowest BCUT2D eigenvalue weighted by atomic mass is 9.82. The van der Waals surface area contributed by atoms with Crippen molar-refractivity contribution in [2.75, 3.05) is 24.5 Å². The van der Waals surface area contributed by atoms with E-state index in [1.54, 1.807) is 10.7 Å². The molecule has 2 aliphatic rings. The third-order valence-corrected chi connectivity index (χ3v) is 6.92. The van der Waals surface area contributed by atoms with Gasteiger partial charge in [0.25, 0.3) is 0 Å². The maximum atomic E-state index is 12.1. The maximum absolute atomic E-state index is 12.1. The van der Waals surface area contributed by atoms with Crippen molar-refractivity contribution in [3.63, 3.8) is 0 Å². The van der Waals surface area contributed by atoms with Gasteiger partial charge in [0.05, 0.1) is 22.5 Å². The van der Waals surface area contributed by atoms with Crippen molar-refractivity contribution < 1.29 is 19.4 Å². The fourth-order valence-corrected chi connectivity index (χ4v) is 4.96. The van der Waals surface area contributed by atoms with Gasteiger partial charge < -0.3 is 20.1 Å². The van der Waals surface area contributed by atoms with E-state index in [0.717, 1.165) is 48.3 Å². The van der Waals surface area contributed by atoms with Crippen LogP contribution in [0.5, 0.6) is 0 Å². The van der Waals surface area contributed by atoms with Gasteiger partial charge in [-0.3, -0.25) is 0 Å². The summed E-state index contributed by atoms with van der Waals surface area (Å²) in [5.41, 5.74) is 2.75. The van der Waals surface area contributed by atoms with E-state index < -0.39 is 17.7 Å². The summed E-state index contributed by atoms with van der Waals surface area (Å²) in [7, 11) is 0. The highest BCUT2D eigenvalue weighted by molar-refractivity contribution is 5.98. The Morgan fingerprint density at radius 3 is 2.56 bits per heavy atom. The molecule has 36 heavy (non-hydrogen) atoms. The van der Waals surface area contributed by atoms with E-state index >= 15 is 0 Å². The van der Waals surface area contributed by atoms with Gasteiger partial charge in [0, 0.05) is 25.6 Å². The summed E-state index contributed by atoms with van der Waals surface area (Å²) >= 11 is 0. The number of carbonyl (C=O) groups is 2. The van der Waals surface area contributed by atoms with Crippen molar-refractivity contribution in [3.8, 4) is 5.69 Å². The molecule has 1 aliphatic carbocycles. The normalized spacial score (nSPS) is 18.3. The average Bonchev–Trinajstić information content (AvgIpc) is 3.41. The maximum Gasteiger partial charge on any atom is 0.407 e. The number of hydrogen-bond acceptors (Lipinski definition) is 6. The number of para-hydroxylation sites is 1. The molecule has 1 saturated heterocycles. The minimum atomic E-state index is -1.06. The molecule has 1 atom stereocenters. The predicted octanol–water partition coefficient (Wildman–Crippen LogP) is 4.74. The Morgan fingerprint density at radius 1 is 1.17 bits per heavy atom. The summed E-state index contributed by atoms with van der Waals surface area (Å²) < 4.78 is 7.15. The van der Waals surface area contributed by atoms with Gasteiger partial charge in [-0.1, -0.05) is 24.6 Å². The van der Waals surface area contributed by atoms with Gasteiger partial charge in [0.15, 0.2) is 11.3 Å². The lowest BCUT2D eigenvalue weighted by molar-refractivity contribution is 0.0520. The van der Waals surface area contributed by atoms with E-state index in [-0.39, 0.29) is 11.6 Å². The first-order valence-corrected chi connectivity index (χ1v) is 12.6. The predicted molar refractivity (Wildman–Crippen MR) is 137 cm³/mol. The second-order valence-corrected chi connectivity index (χ2v) is 10.8. The van der Waals surface area contributed by atoms with Crippen LogP contribution < -0.4 is 10.2 Å². The first-order valence-electron chi connectivity index (χ1n) is 12.6. The van der Waals surface area contributed by atoms with Gasteiger partial charge in [-0.15, -0.1) is 0 Å². The van der Waals surface area contributed by atoms with Gasteiger partial charge in [-0.2, -0.15) is 5.10 Å².